The summed E-state index contributed by atoms with van der Waals surface area (Å²) in [5.74, 6) is 2.23. The highest BCUT2D eigenvalue weighted by atomic mass is 16.5. The highest BCUT2D eigenvalue weighted by Gasteiger charge is 2.19. The number of nitrogens with two attached hydrogens (primary N) is 1. The molecule has 2 aromatic rings. The quantitative estimate of drug-likeness (QED) is 0.861. The summed E-state index contributed by atoms with van der Waals surface area (Å²) in [7, 11) is 4.74. The molecule has 0 aliphatic carbocycles. The number of aromatic amines is 1. The van der Waals surface area contributed by atoms with E-state index < -0.39 is 0 Å². The van der Waals surface area contributed by atoms with Crippen molar-refractivity contribution < 1.29 is 14.2 Å². The Morgan fingerprint density at radius 2 is 1.72 bits per heavy atom. The molecule has 0 atom stereocenters. The van der Waals surface area contributed by atoms with Gasteiger partial charge in [0.25, 0.3) is 0 Å². The minimum atomic E-state index is 0.400. The average Bonchev–Trinajstić information content (AvgIpc) is 2.83. The molecule has 0 aliphatic heterocycles. The number of benzene rings is 1. The molecule has 0 unspecified atom stereocenters. The molecule has 18 heavy (non-hydrogen) atoms. The highest BCUT2D eigenvalue weighted by molar-refractivity contribution is 5.78. The zero-order valence-corrected chi connectivity index (χ0v) is 10.5. The Balaban J connectivity index is 2.68. The van der Waals surface area contributed by atoms with Crippen LogP contribution in [0.3, 0.4) is 0 Å². The smallest absolute Gasteiger partial charge is 0.173 e. The van der Waals surface area contributed by atoms with Crippen molar-refractivity contribution in [3.8, 4) is 28.5 Å². The van der Waals surface area contributed by atoms with Crippen molar-refractivity contribution in [2.75, 3.05) is 27.1 Å². The van der Waals surface area contributed by atoms with Crippen LogP contribution in [0, 0.1) is 0 Å². The van der Waals surface area contributed by atoms with Crippen LogP contribution in [0.25, 0.3) is 11.3 Å². The van der Waals surface area contributed by atoms with E-state index in [2.05, 4.69) is 10.2 Å². The number of H-pyrrole nitrogens is 1. The lowest BCUT2D eigenvalue weighted by atomic mass is 10.1. The zero-order valence-electron chi connectivity index (χ0n) is 10.5. The largest absolute Gasteiger partial charge is 0.496 e. The Morgan fingerprint density at radius 3 is 2.22 bits per heavy atom. The molecule has 0 fully saturated rings. The average molecular weight is 249 g/mol. The van der Waals surface area contributed by atoms with Crippen LogP contribution >= 0.6 is 0 Å². The van der Waals surface area contributed by atoms with Crippen molar-refractivity contribution >= 4 is 5.82 Å². The van der Waals surface area contributed by atoms with Crippen LogP contribution in [-0.2, 0) is 0 Å². The van der Waals surface area contributed by atoms with Gasteiger partial charge in [0.1, 0.15) is 11.6 Å². The number of nitrogens with one attached hydrogen (secondary N) is 1. The molecular weight excluding hydrogens is 234 g/mol. The van der Waals surface area contributed by atoms with Gasteiger partial charge in [-0.1, -0.05) is 0 Å². The summed E-state index contributed by atoms with van der Waals surface area (Å²) < 4.78 is 16.0. The first-order valence-corrected chi connectivity index (χ1v) is 5.31. The number of hydrogen-bond donors (Lipinski definition) is 2. The standard InChI is InChI=1S/C12H15N3O3/c1-16-8-4-5-9(17-2)12(18-3)11(8)7-6-10(13)15-14-7/h4-6H,1-3H3,(H3,13,14,15). The third-order valence-corrected chi connectivity index (χ3v) is 2.59. The SMILES string of the molecule is COc1ccc(OC)c(-c2cc(N)n[nH]2)c1OC. The number of ether oxygens (including phenoxy) is 3. The number of nitrogens with zero attached hydrogens (tertiary/aromatic N) is 1. The first kappa shape index (κ1) is 12.1. The first-order chi connectivity index (χ1) is 8.71. The van der Waals surface area contributed by atoms with Crippen LogP contribution in [0.1, 0.15) is 0 Å². The van der Waals surface area contributed by atoms with Gasteiger partial charge < -0.3 is 19.9 Å². The van der Waals surface area contributed by atoms with Gasteiger partial charge in [-0.15, -0.1) is 0 Å². The lowest BCUT2D eigenvalue weighted by molar-refractivity contribution is 0.351. The molecule has 0 saturated carbocycles. The van der Waals surface area contributed by atoms with Gasteiger partial charge in [-0.05, 0) is 12.1 Å². The first-order valence-electron chi connectivity index (χ1n) is 5.31. The molecule has 1 aromatic heterocycles. The lowest BCUT2D eigenvalue weighted by Gasteiger charge is -2.14. The van der Waals surface area contributed by atoms with E-state index in [9.17, 15) is 0 Å². The monoisotopic (exact) mass is 249 g/mol. The molecule has 0 aliphatic rings. The fourth-order valence-electron chi connectivity index (χ4n) is 1.80. The van der Waals surface area contributed by atoms with Gasteiger partial charge in [-0.25, -0.2) is 0 Å². The summed E-state index contributed by atoms with van der Waals surface area (Å²) in [6, 6.07) is 5.29. The summed E-state index contributed by atoms with van der Waals surface area (Å²) >= 11 is 0. The van der Waals surface area contributed by atoms with Crippen LogP contribution in [-0.4, -0.2) is 31.5 Å². The summed E-state index contributed by atoms with van der Waals surface area (Å²) in [6.45, 7) is 0. The van der Waals surface area contributed by atoms with Gasteiger partial charge in [0.15, 0.2) is 11.5 Å². The van der Waals surface area contributed by atoms with E-state index in [1.807, 2.05) is 0 Å². The Bertz CT molecular complexity index is 551. The van der Waals surface area contributed by atoms with Crippen molar-refractivity contribution in [2.45, 2.75) is 0 Å². The van der Waals surface area contributed by atoms with E-state index in [-0.39, 0.29) is 0 Å². The summed E-state index contributed by atoms with van der Waals surface area (Å²) in [5, 5.41) is 6.73. The van der Waals surface area contributed by atoms with Crippen LogP contribution in [0.15, 0.2) is 18.2 Å². The van der Waals surface area contributed by atoms with E-state index >= 15 is 0 Å². The van der Waals surface area contributed by atoms with Crippen molar-refractivity contribution in [3.05, 3.63) is 18.2 Å². The second-order valence-corrected chi connectivity index (χ2v) is 3.58. The van der Waals surface area contributed by atoms with Gasteiger partial charge in [-0.3, -0.25) is 5.10 Å². The summed E-state index contributed by atoms with van der Waals surface area (Å²) in [4.78, 5) is 0. The predicted molar refractivity (Wildman–Crippen MR) is 68.1 cm³/mol. The lowest BCUT2D eigenvalue weighted by Crippen LogP contribution is -1.96. The molecule has 0 bridgehead atoms. The fraction of sp³-hybridized carbons (Fsp3) is 0.250. The number of nitrogen functional groups attached to an aromatic ring is 1. The van der Waals surface area contributed by atoms with Gasteiger partial charge in [0, 0.05) is 6.07 Å². The maximum atomic E-state index is 5.61. The van der Waals surface area contributed by atoms with Crippen molar-refractivity contribution in [3.63, 3.8) is 0 Å². The maximum Gasteiger partial charge on any atom is 0.173 e. The second kappa shape index (κ2) is 4.87. The molecule has 6 heteroatoms. The minimum Gasteiger partial charge on any atom is -0.496 e. The van der Waals surface area contributed by atoms with Gasteiger partial charge in [0.05, 0.1) is 32.6 Å². The molecule has 3 N–H and O–H groups in total. The number of anilines is 1. The van der Waals surface area contributed by atoms with Gasteiger partial charge in [0.2, 0.25) is 0 Å². The summed E-state index contributed by atoms with van der Waals surface area (Å²) in [5.41, 5.74) is 7.05. The molecule has 0 saturated heterocycles. The number of methoxy groups -OCH3 is 3. The fourth-order valence-corrected chi connectivity index (χ4v) is 1.80. The third kappa shape index (κ3) is 1.92. The topological polar surface area (TPSA) is 82.4 Å². The Kier molecular flexibility index (Phi) is 3.27. The molecule has 0 radical (unpaired) electrons. The number of rotatable bonds is 4. The second-order valence-electron chi connectivity index (χ2n) is 3.58. The number of hydrogen-bond acceptors (Lipinski definition) is 5. The highest BCUT2D eigenvalue weighted by Crippen LogP contribution is 2.43. The molecule has 0 spiro atoms. The van der Waals surface area contributed by atoms with Crippen LogP contribution in [0.5, 0.6) is 17.2 Å². The molecule has 0 amide bonds. The molecule has 1 aromatic carbocycles. The van der Waals surface area contributed by atoms with Gasteiger partial charge in [-0.2, -0.15) is 5.10 Å². The van der Waals surface area contributed by atoms with Crippen LogP contribution < -0.4 is 19.9 Å². The summed E-state index contributed by atoms with van der Waals surface area (Å²) in [6.07, 6.45) is 0. The molecule has 2 rings (SSSR count). The molecule has 96 valence electrons. The van der Waals surface area contributed by atoms with E-state index in [0.717, 1.165) is 5.56 Å². The predicted octanol–water partition coefficient (Wildman–Crippen LogP) is 1.68. The van der Waals surface area contributed by atoms with Crippen molar-refractivity contribution in [1.82, 2.24) is 10.2 Å². The molecule has 6 nitrogen and oxygen atoms in total. The minimum absolute atomic E-state index is 0.400. The van der Waals surface area contributed by atoms with E-state index in [4.69, 9.17) is 19.9 Å². The van der Waals surface area contributed by atoms with E-state index in [1.54, 1.807) is 39.5 Å². The van der Waals surface area contributed by atoms with Crippen molar-refractivity contribution in [1.29, 1.82) is 0 Å². The van der Waals surface area contributed by atoms with Crippen molar-refractivity contribution in [2.24, 2.45) is 0 Å². The normalized spacial score (nSPS) is 10.2. The third-order valence-electron chi connectivity index (χ3n) is 2.59. The number of aromatic nitrogens is 2. The van der Waals surface area contributed by atoms with Crippen LogP contribution in [0.4, 0.5) is 5.82 Å². The zero-order chi connectivity index (χ0) is 13.1. The Morgan fingerprint density at radius 1 is 1.06 bits per heavy atom. The van der Waals surface area contributed by atoms with Gasteiger partial charge >= 0.3 is 0 Å². The molecule has 1 heterocycles. The van der Waals surface area contributed by atoms with E-state index in [1.165, 1.54) is 0 Å². The van der Waals surface area contributed by atoms with E-state index in [0.29, 0.717) is 28.8 Å². The molecular formula is C12H15N3O3. The van der Waals surface area contributed by atoms with Crippen LogP contribution in [0.2, 0.25) is 0 Å². The Labute approximate surface area is 105 Å². The Hall–Kier alpha value is -2.37. The maximum absolute atomic E-state index is 5.61.